The normalized spacial score (nSPS) is 32.7. The van der Waals surface area contributed by atoms with Gasteiger partial charge in [0, 0.05) is 69.0 Å². The molecule has 4 fully saturated rings. The zero-order chi connectivity index (χ0) is 19.6. The molecule has 3 N–H and O–H groups in total. The molecule has 5 heterocycles. The number of piperidine rings is 2. The largest absolute Gasteiger partial charge is 0.483 e. The Balaban J connectivity index is 0.000000604. The van der Waals surface area contributed by atoms with Crippen LogP contribution in [0.2, 0.25) is 0 Å². The van der Waals surface area contributed by atoms with Gasteiger partial charge in [0.2, 0.25) is 0 Å². The highest BCUT2D eigenvalue weighted by Crippen LogP contribution is 2.43. The molecule has 0 aliphatic carbocycles. The van der Waals surface area contributed by atoms with E-state index in [4.69, 9.17) is 9.90 Å². The van der Waals surface area contributed by atoms with Crippen LogP contribution in [0.5, 0.6) is 0 Å². The number of benzene rings is 1. The van der Waals surface area contributed by atoms with Crippen LogP contribution >= 0.6 is 0 Å². The minimum atomic E-state index is -0.250. The van der Waals surface area contributed by atoms with Gasteiger partial charge in [-0.2, -0.15) is 0 Å². The van der Waals surface area contributed by atoms with Crippen molar-refractivity contribution in [1.29, 1.82) is 0 Å². The predicted octanol–water partition coefficient (Wildman–Crippen LogP) is 1.01. The maximum absolute atomic E-state index is 12.8. The molecule has 0 radical (unpaired) electrons. The van der Waals surface area contributed by atoms with E-state index in [9.17, 15) is 4.79 Å². The van der Waals surface area contributed by atoms with E-state index in [1.165, 1.54) is 5.56 Å². The number of carbonyl (C=O) groups is 2. The molecule has 0 saturated carbocycles. The van der Waals surface area contributed by atoms with E-state index >= 15 is 0 Å². The summed E-state index contributed by atoms with van der Waals surface area (Å²) in [7, 11) is 0. The van der Waals surface area contributed by atoms with Crippen LogP contribution in [0.25, 0.3) is 0 Å². The number of carbonyl (C=O) groups excluding carboxylic acids is 1. The first-order chi connectivity index (χ1) is 13.7. The number of amides is 1. The van der Waals surface area contributed by atoms with Crippen LogP contribution in [-0.2, 0) is 10.2 Å². The summed E-state index contributed by atoms with van der Waals surface area (Å²) in [6.45, 7) is 6.27. The topological polar surface area (TPSA) is 88.7 Å². The molecule has 28 heavy (non-hydrogen) atoms. The molecule has 3 atom stereocenters. The van der Waals surface area contributed by atoms with Gasteiger partial charge in [-0.05, 0) is 11.6 Å². The van der Waals surface area contributed by atoms with Gasteiger partial charge >= 0.3 is 0 Å². The quantitative estimate of drug-likeness (QED) is 0.690. The van der Waals surface area contributed by atoms with Crippen molar-refractivity contribution < 1.29 is 14.7 Å². The Hall–Kier alpha value is -2.64. The third-order valence-electron chi connectivity index (χ3n) is 6.29. The van der Waals surface area contributed by atoms with Crippen molar-refractivity contribution in [2.24, 2.45) is 5.92 Å². The molecule has 4 aliphatic heterocycles. The second-order valence-electron chi connectivity index (χ2n) is 7.91. The molecule has 7 nitrogen and oxygen atoms in total. The molecule has 0 spiro atoms. The van der Waals surface area contributed by atoms with Crippen LogP contribution in [0.3, 0.4) is 0 Å². The fourth-order valence-corrected chi connectivity index (χ4v) is 5.26. The number of rotatable bonds is 3. The number of H-pyrrole nitrogens is 1. The maximum Gasteiger partial charge on any atom is 0.290 e. The van der Waals surface area contributed by atoms with Crippen molar-refractivity contribution >= 4 is 12.4 Å². The van der Waals surface area contributed by atoms with Crippen LogP contribution in [-0.4, -0.2) is 77.6 Å². The van der Waals surface area contributed by atoms with E-state index < -0.39 is 0 Å². The standard InChI is InChI=1S/C20H24N4O.CH2O2/c25-19(15-6-7-21-10-15)22-18-16-11-23-8-9-24(12-16)14-20(18,13-23)17-4-2-1-3-5-17;2-1-3/h1-7,10,16,18,21H,8-9,11-14H2,(H,22,25);1H,(H,2,3). The molecule has 1 aromatic heterocycles. The van der Waals surface area contributed by atoms with Crippen molar-refractivity contribution in [2.45, 2.75) is 11.5 Å². The van der Waals surface area contributed by atoms with Crippen molar-refractivity contribution in [3.63, 3.8) is 0 Å². The SMILES string of the molecule is O=C(NC1C2CN3CCN(C2)CC1(c1ccccc1)C3)c1cc[nH]c1.O=CO. The summed E-state index contributed by atoms with van der Waals surface area (Å²) >= 11 is 0. The molecule has 2 aromatic rings. The molecule has 4 bridgehead atoms. The number of aromatic nitrogens is 1. The van der Waals surface area contributed by atoms with E-state index in [-0.39, 0.29) is 23.8 Å². The molecule has 7 heteroatoms. The molecule has 4 saturated heterocycles. The first kappa shape index (κ1) is 18.7. The Bertz CT molecular complexity index is 792. The van der Waals surface area contributed by atoms with E-state index in [1.54, 1.807) is 12.4 Å². The highest BCUT2D eigenvalue weighted by Gasteiger charge is 2.55. The van der Waals surface area contributed by atoms with Gasteiger partial charge in [0.05, 0.1) is 5.56 Å². The predicted molar refractivity (Wildman–Crippen MR) is 105 cm³/mol. The van der Waals surface area contributed by atoms with Crippen LogP contribution in [0.15, 0.2) is 48.8 Å². The second kappa shape index (κ2) is 7.77. The number of carboxylic acid groups (broad SMARTS) is 1. The van der Waals surface area contributed by atoms with Crippen molar-refractivity contribution in [3.05, 3.63) is 59.9 Å². The molecule has 1 amide bonds. The number of hydrogen-bond donors (Lipinski definition) is 3. The summed E-state index contributed by atoms with van der Waals surface area (Å²) in [5, 5.41) is 10.3. The summed E-state index contributed by atoms with van der Waals surface area (Å²) in [6.07, 6.45) is 3.58. The third kappa shape index (κ3) is 3.31. The lowest BCUT2D eigenvalue weighted by Gasteiger charge is -2.55. The van der Waals surface area contributed by atoms with Gasteiger partial charge in [-0.3, -0.25) is 9.59 Å². The fraction of sp³-hybridized carbons (Fsp3) is 0.429. The van der Waals surface area contributed by atoms with Crippen molar-refractivity contribution in [3.8, 4) is 0 Å². The van der Waals surface area contributed by atoms with E-state index in [0.29, 0.717) is 5.92 Å². The lowest BCUT2D eigenvalue weighted by Crippen LogP contribution is -2.70. The van der Waals surface area contributed by atoms with Gasteiger partial charge < -0.3 is 25.2 Å². The highest BCUT2D eigenvalue weighted by molar-refractivity contribution is 5.94. The third-order valence-corrected chi connectivity index (χ3v) is 6.29. The lowest BCUT2D eigenvalue weighted by molar-refractivity contribution is -0.122. The smallest absolute Gasteiger partial charge is 0.290 e. The van der Waals surface area contributed by atoms with Gasteiger partial charge in [0.15, 0.2) is 0 Å². The molecule has 4 aliphatic rings. The van der Waals surface area contributed by atoms with Crippen molar-refractivity contribution in [1.82, 2.24) is 20.1 Å². The van der Waals surface area contributed by atoms with E-state index in [1.807, 2.05) is 6.07 Å². The molecule has 1 aromatic carbocycles. The van der Waals surface area contributed by atoms with Gasteiger partial charge in [-0.15, -0.1) is 0 Å². The Kier molecular flexibility index (Phi) is 5.19. The van der Waals surface area contributed by atoms with Crippen LogP contribution in [0.1, 0.15) is 15.9 Å². The van der Waals surface area contributed by atoms with E-state index in [0.717, 1.165) is 44.8 Å². The summed E-state index contributed by atoms with van der Waals surface area (Å²) < 4.78 is 0. The van der Waals surface area contributed by atoms with Crippen LogP contribution in [0.4, 0.5) is 0 Å². The Labute approximate surface area is 164 Å². The van der Waals surface area contributed by atoms with Crippen LogP contribution < -0.4 is 5.32 Å². The Morgan fingerprint density at radius 2 is 1.79 bits per heavy atom. The number of fused-ring (bicyclic) bond motifs is 1. The maximum atomic E-state index is 12.8. The number of nitrogens with zero attached hydrogens (tertiary/aromatic N) is 2. The molecular weight excluding hydrogens is 356 g/mol. The summed E-state index contributed by atoms with van der Waals surface area (Å²) in [5.41, 5.74) is 2.05. The first-order valence-corrected chi connectivity index (χ1v) is 9.68. The van der Waals surface area contributed by atoms with Crippen LogP contribution in [0, 0.1) is 5.92 Å². The van der Waals surface area contributed by atoms with Gasteiger partial charge in [-0.25, -0.2) is 0 Å². The minimum Gasteiger partial charge on any atom is -0.483 e. The van der Waals surface area contributed by atoms with Gasteiger partial charge in [-0.1, -0.05) is 30.3 Å². The molecule has 3 unspecified atom stereocenters. The Morgan fingerprint density at radius 3 is 2.36 bits per heavy atom. The highest BCUT2D eigenvalue weighted by atomic mass is 16.3. The first-order valence-electron chi connectivity index (χ1n) is 9.68. The zero-order valence-corrected chi connectivity index (χ0v) is 15.8. The fourth-order valence-electron chi connectivity index (χ4n) is 5.26. The number of aromatic amines is 1. The lowest BCUT2D eigenvalue weighted by atomic mass is 9.64. The average Bonchev–Trinajstić information content (AvgIpc) is 3.12. The van der Waals surface area contributed by atoms with Crippen molar-refractivity contribution in [2.75, 3.05) is 39.3 Å². The second-order valence-corrected chi connectivity index (χ2v) is 7.91. The summed E-state index contributed by atoms with van der Waals surface area (Å²) in [6, 6.07) is 12.8. The molecule has 148 valence electrons. The molecule has 6 rings (SSSR count). The number of nitrogens with one attached hydrogen (secondary N) is 2. The minimum absolute atomic E-state index is 0.0229. The molecular formula is C21H26N4O3. The average molecular weight is 382 g/mol. The number of hydrogen-bond acceptors (Lipinski definition) is 4. The summed E-state index contributed by atoms with van der Waals surface area (Å²) in [5.74, 6) is 0.519. The van der Waals surface area contributed by atoms with E-state index in [2.05, 4.69) is 50.4 Å². The monoisotopic (exact) mass is 382 g/mol. The zero-order valence-electron chi connectivity index (χ0n) is 15.8. The summed E-state index contributed by atoms with van der Waals surface area (Å²) in [4.78, 5) is 29.3. The van der Waals surface area contributed by atoms with Gasteiger partial charge in [0.25, 0.3) is 12.4 Å². The van der Waals surface area contributed by atoms with Gasteiger partial charge in [0.1, 0.15) is 0 Å². The Morgan fingerprint density at radius 1 is 1.14 bits per heavy atom.